The van der Waals surface area contributed by atoms with Crippen molar-refractivity contribution in [3.63, 3.8) is 0 Å². The normalized spacial score (nSPS) is 22.8. The smallest absolute Gasteiger partial charge is 0.296 e. The number of allylic oxidation sites excluding steroid dienone is 2. The summed E-state index contributed by atoms with van der Waals surface area (Å²) in [4.78, 5) is 0. The van der Waals surface area contributed by atoms with Crippen LogP contribution < -0.4 is 9.86 Å². The molecule has 1 aliphatic rings. The molecule has 0 aromatic rings. The van der Waals surface area contributed by atoms with Crippen LogP contribution in [0.2, 0.25) is 0 Å². The Morgan fingerprint density at radius 3 is 2.83 bits per heavy atom. The summed E-state index contributed by atoms with van der Waals surface area (Å²) in [6, 6.07) is 0. The van der Waals surface area contributed by atoms with Crippen LogP contribution in [0.1, 0.15) is 0 Å². The van der Waals surface area contributed by atoms with Gasteiger partial charge in [0.25, 0.3) is 10.2 Å². The molecule has 0 aromatic carbocycles. The standard InChI is InChI=1S/C5H8N2O4S/c6-12(9,10)7-4-2-1-3-11-5(4)8/h1-3,5,7-8H,(H2,6,9,10). The van der Waals surface area contributed by atoms with E-state index in [1.54, 1.807) is 0 Å². The Morgan fingerprint density at radius 2 is 2.33 bits per heavy atom. The number of rotatable bonds is 2. The van der Waals surface area contributed by atoms with Crippen LogP contribution in [0.25, 0.3) is 0 Å². The van der Waals surface area contributed by atoms with Crippen LogP contribution >= 0.6 is 0 Å². The van der Waals surface area contributed by atoms with Crippen molar-refractivity contribution >= 4 is 10.2 Å². The van der Waals surface area contributed by atoms with Crippen LogP contribution in [0.3, 0.4) is 0 Å². The average Bonchev–Trinajstić information content (AvgIpc) is 1.91. The zero-order valence-electron chi connectivity index (χ0n) is 5.97. The lowest BCUT2D eigenvalue weighted by atomic mass is 10.3. The molecule has 0 spiro atoms. The van der Waals surface area contributed by atoms with Crippen molar-refractivity contribution in [3.8, 4) is 0 Å². The van der Waals surface area contributed by atoms with Crippen molar-refractivity contribution in [2.24, 2.45) is 5.14 Å². The Labute approximate surface area is 69.5 Å². The summed E-state index contributed by atoms with van der Waals surface area (Å²) in [5.41, 5.74) is -0.0139. The zero-order chi connectivity index (χ0) is 9.19. The van der Waals surface area contributed by atoms with Gasteiger partial charge in [-0.05, 0) is 12.2 Å². The maximum absolute atomic E-state index is 10.5. The lowest BCUT2D eigenvalue weighted by Gasteiger charge is -2.16. The lowest BCUT2D eigenvalue weighted by Crippen LogP contribution is -2.35. The molecule has 0 amide bonds. The van der Waals surface area contributed by atoms with Crippen molar-refractivity contribution in [1.82, 2.24) is 4.72 Å². The molecule has 1 aliphatic heterocycles. The molecule has 0 fully saturated rings. The molecule has 1 unspecified atom stereocenters. The van der Waals surface area contributed by atoms with Gasteiger partial charge in [-0.2, -0.15) is 8.42 Å². The first-order chi connectivity index (χ1) is 5.49. The molecular formula is C5H8N2O4S. The second-order valence-electron chi connectivity index (χ2n) is 2.09. The summed E-state index contributed by atoms with van der Waals surface area (Å²) in [5, 5.41) is 13.7. The highest BCUT2D eigenvalue weighted by atomic mass is 32.2. The summed E-state index contributed by atoms with van der Waals surface area (Å²) < 4.78 is 27.4. The van der Waals surface area contributed by atoms with Gasteiger partial charge >= 0.3 is 0 Å². The highest BCUT2D eigenvalue weighted by Crippen LogP contribution is 2.07. The predicted molar refractivity (Wildman–Crippen MR) is 40.6 cm³/mol. The van der Waals surface area contributed by atoms with Gasteiger partial charge in [0.1, 0.15) is 0 Å². The van der Waals surface area contributed by atoms with E-state index in [0.29, 0.717) is 0 Å². The van der Waals surface area contributed by atoms with E-state index in [2.05, 4.69) is 9.88 Å². The molecule has 0 saturated heterocycles. The number of aliphatic hydroxyl groups excluding tert-OH is 1. The number of ether oxygens (including phenoxy) is 1. The summed E-state index contributed by atoms with van der Waals surface area (Å²) >= 11 is 0. The number of nitrogens with one attached hydrogen (secondary N) is 1. The molecular weight excluding hydrogens is 184 g/mol. The molecule has 7 heteroatoms. The number of nitrogens with two attached hydrogens (primary N) is 1. The maximum Gasteiger partial charge on any atom is 0.296 e. The van der Waals surface area contributed by atoms with Gasteiger partial charge < -0.3 is 9.84 Å². The molecule has 1 atom stereocenters. The molecule has 1 heterocycles. The van der Waals surface area contributed by atoms with Gasteiger partial charge in [-0.1, -0.05) is 0 Å². The highest BCUT2D eigenvalue weighted by Gasteiger charge is 2.16. The molecule has 0 bridgehead atoms. The van der Waals surface area contributed by atoms with Gasteiger partial charge in [-0.25, -0.2) is 5.14 Å². The van der Waals surface area contributed by atoms with E-state index in [-0.39, 0.29) is 5.70 Å². The Hall–Kier alpha value is -1.05. The van der Waals surface area contributed by atoms with Gasteiger partial charge in [0.15, 0.2) is 0 Å². The minimum atomic E-state index is -3.85. The number of aliphatic hydroxyl groups is 1. The van der Waals surface area contributed by atoms with E-state index in [4.69, 9.17) is 5.11 Å². The third kappa shape index (κ3) is 2.53. The minimum Gasteiger partial charge on any atom is -0.467 e. The van der Waals surface area contributed by atoms with Gasteiger partial charge in [-0.3, -0.25) is 4.72 Å². The van der Waals surface area contributed by atoms with E-state index >= 15 is 0 Å². The van der Waals surface area contributed by atoms with Crippen molar-refractivity contribution < 1.29 is 18.3 Å². The van der Waals surface area contributed by atoms with Crippen LogP contribution in [-0.2, 0) is 14.9 Å². The molecule has 0 saturated carbocycles. The number of hydrogen-bond acceptors (Lipinski definition) is 4. The van der Waals surface area contributed by atoms with Crippen molar-refractivity contribution in [1.29, 1.82) is 0 Å². The van der Waals surface area contributed by atoms with Gasteiger partial charge in [-0.15, -0.1) is 0 Å². The van der Waals surface area contributed by atoms with E-state index in [1.165, 1.54) is 18.4 Å². The molecule has 4 N–H and O–H groups in total. The first-order valence-corrected chi connectivity index (χ1v) is 4.54. The molecule has 68 valence electrons. The lowest BCUT2D eigenvalue weighted by molar-refractivity contribution is -0.0257. The van der Waals surface area contributed by atoms with Crippen molar-refractivity contribution in [2.75, 3.05) is 0 Å². The fourth-order valence-corrected chi connectivity index (χ4v) is 1.16. The largest absolute Gasteiger partial charge is 0.467 e. The van der Waals surface area contributed by atoms with Gasteiger partial charge in [0.2, 0.25) is 6.29 Å². The summed E-state index contributed by atoms with van der Waals surface area (Å²) in [5.74, 6) is 0. The van der Waals surface area contributed by atoms with Crippen molar-refractivity contribution in [2.45, 2.75) is 6.29 Å². The van der Waals surface area contributed by atoms with Crippen LogP contribution in [0, 0.1) is 0 Å². The Bertz CT molecular complexity index is 318. The summed E-state index contributed by atoms with van der Waals surface area (Å²) in [7, 11) is -3.85. The predicted octanol–water partition coefficient (Wildman–Crippen LogP) is -1.47. The zero-order valence-corrected chi connectivity index (χ0v) is 6.78. The third-order valence-electron chi connectivity index (χ3n) is 1.09. The Kier molecular flexibility index (Phi) is 2.36. The second-order valence-corrected chi connectivity index (χ2v) is 3.38. The second kappa shape index (κ2) is 3.13. The first kappa shape index (κ1) is 9.04. The monoisotopic (exact) mass is 192 g/mol. The summed E-state index contributed by atoms with van der Waals surface area (Å²) in [6.45, 7) is 0. The molecule has 0 aromatic heterocycles. The van der Waals surface area contributed by atoms with Crippen molar-refractivity contribution in [3.05, 3.63) is 24.1 Å². The van der Waals surface area contributed by atoms with Crippen LogP contribution in [0.5, 0.6) is 0 Å². The Morgan fingerprint density at radius 1 is 1.67 bits per heavy atom. The Balaban J connectivity index is 2.75. The van der Waals surface area contributed by atoms with Crippen LogP contribution in [0.4, 0.5) is 0 Å². The van der Waals surface area contributed by atoms with Crippen LogP contribution in [0.15, 0.2) is 24.1 Å². The fraction of sp³-hybridized carbons (Fsp3) is 0.200. The third-order valence-corrected chi connectivity index (χ3v) is 1.61. The molecule has 6 nitrogen and oxygen atoms in total. The molecule has 0 aliphatic carbocycles. The van der Waals surface area contributed by atoms with Gasteiger partial charge in [0.05, 0.1) is 12.0 Å². The van der Waals surface area contributed by atoms with E-state index in [0.717, 1.165) is 0 Å². The number of hydrogen-bond donors (Lipinski definition) is 3. The average molecular weight is 192 g/mol. The summed E-state index contributed by atoms with van der Waals surface area (Å²) in [6.07, 6.45) is 2.70. The van der Waals surface area contributed by atoms with E-state index < -0.39 is 16.5 Å². The van der Waals surface area contributed by atoms with Crippen LogP contribution in [-0.4, -0.2) is 19.8 Å². The highest BCUT2D eigenvalue weighted by molar-refractivity contribution is 7.87. The van der Waals surface area contributed by atoms with E-state index in [9.17, 15) is 8.42 Å². The minimum absolute atomic E-state index is 0.0139. The molecule has 1 rings (SSSR count). The SMILES string of the molecule is NS(=O)(=O)NC1=CC=COC1O. The molecule has 0 radical (unpaired) electrons. The fourth-order valence-electron chi connectivity index (χ4n) is 0.667. The quantitative estimate of drug-likeness (QED) is 0.497. The first-order valence-electron chi connectivity index (χ1n) is 3.00. The topological polar surface area (TPSA) is 102 Å². The molecule has 12 heavy (non-hydrogen) atoms. The van der Waals surface area contributed by atoms with Gasteiger partial charge in [0, 0.05) is 0 Å². The maximum atomic E-state index is 10.5. The van der Waals surface area contributed by atoms with E-state index in [1.807, 2.05) is 4.72 Å².